The molecule has 15 heteroatoms. The number of nitrogens with one attached hydrogen (secondary N) is 3. The van der Waals surface area contributed by atoms with Crippen LogP contribution in [0.25, 0.3) is 22.3 Å². The van der Waals surface area contributed by atoms with Crippen LogP contribution < -0.4 is 25.4 Å². The van der Waals surface area contributed by atoms with Gasteiger partial charge in [0.1, 0.15) is 52.1 Å². The highest BCUT2D eigenvalue weighted by molar-refractivity contribution is 7.20. The molecule has 8 atom stereocenters. The largest absolute Gasteiger partial charge is 0.497 e. The Kier molecular flexibility index (Phi) is 10.7. The van der Waals surface area contributed by atoms with Gasteiger partial charge in [0.2, 0.25) is 11.8 Å². The SMILES string of the molecule is CCC1C[C@@]1(C=O)NC(=O)C1C[C@@H](Oc2cc(-c3nc(NC(C)C)sc3Cl)nc3cc(OC)ccc23)CN1C(=O)C(NC(=O)O[C@@H]1C[C@@H]2C[C@@H]2C1)C(C)(C)C. The third-order valence-electron chi connectivity index (χ3n) is 11.4. The molecule has 7 rings (SSSR count). The van der Waals surface area contributed by atoms with Crippen LogP contribution in [0.15, 0.2) is 24.3 Å². The van der Waals surface area contributed by atoms with E-state index in [1.54, 1.807) is 19.2 Å². The number of carbonyl (C=O) groups is 4. The minimum Gasteiger partial charge on any atom is -0.497 e. The van der Waals surface area contributed by atoms with Crippen LogP contribution in [-0.2, 0) is 19.1 Å². The van der Waals surface area contributed by atoms with Crippen molar-refractivity contribution in [3.05, 3.63) is 28.6 Å². The summed E-state index contributed by atoms with van der Waals surface area (Å²) in [7, 11) is 1.58. The predicted octanol–water partition coefficient (Wildman–Crippen LogP) is 6.61. The van der Waals surface area contributed by atoms with Crippen LogP contribution in [0.3, 0.4) is 0 Å². The molecule has 1 aliphatic heterocycles. The molecular weight excluding hydrogens is 744 g/mol. The van der Waals surface area contributed by atoms with E-state index in [0.29, 0.717) is 61.5 Å². The summed E-state index contributed by atoms with van der Waals surface area (Å²) < 4.78 is 18.5. The number of ether oxygens (including phenoxy) is 3. The molecular formula is C40H51ClN6O7S. The zero-order valence-electron chi connectivity index (χ0n) is 32.4. The van der Waals surface area contributed by atoms with Crippen molar-refractivity contribution in [2.45, 2.75) is 116 Å². The molecule has 0 spiro atoms. The van der Waals surface area contributed by atoms with Gasteiger partial charge in [-0.25, -0.2) is 14.8 Å². The van der Waals surface area contributed by atoms with Crippen molar-refractivity contribution in [2.24, 2.45) is 23.2 Å². The number of pyridine rings is 1. The fourth-order valence-corrected chi connectivity index (χ4v) is 9.42. The Hall–Kier alpha value is -4.17. The number of thiazole rings is 1. The molecule has 0 radical (unpaired) electrons. The quantitative estimate of drug-likeness (QED) is 0.161. The van der Waals surface area contributed by atoms with Gasteiger partial charge in [0.15, 0.2) is 5.13 Å². The van der Waals surface area contributed by atoms with Crippen molar-refractivity contribution in [2.75, 3.05) is 19.0 Å². The van der Waals surface area contributed by atoms with Crippen LogP contribution in [0.1, 0.15) is 80.1 Å². The standard InChI is InChI=1S/C40H51ClN6O7S/c1-8-23-17-40(23,19-48)46-35(49)30-15-26(18-47(30)36(50)33(39(4,5)6)45-38(51)54-25-12-21-11-22(21)13-25)53-31-16-29(32-34(41)55-37(44-32)42-20(2)3)43-28-14-24(52-7)9-10-27(28)31/h9-10,14,16,19-23,25-26,30,33H,8,11-13,15,17-18H2,1-7H3,(H,42,44)(H,45,51)(H,46,49)/t21-,22+,23?,25+,26-,30?,33?,40+/m1/s1. The van der Waals surface area contributed by atoms with Crippen molar-refractivity contribution >= 4 is 63.2 Å². The number of nitrogens with zero attached hydrogens (tertiary/aromatic N) is 3. The summed E-state index contributed by atoms with van der Waals surface area (Å²) in [5, 5.41) is 10.5. The Bertz CT molecular complexity index is 1970. The van der Waals surface area contributed by atoms with E-state index in [1.807, 2.05) is 53.7 Å². The van der Waals surface area contributed by atoms with Crippen LogP contribution in [0, 0.1) is 23.2 Å². The first kappa shape index (κ1) is 39.1. The maximum absolute atomic E-state index is 14.6. The van der Waals surface area contributed by atoms with E-state index >= 15 is 0 Å². The van der Waals surface area contributed by atoms with Crippen molar-refractivity contribution in [1.82, 2.24) is 25.5 Å². The monoisotopic (exact) mass is 794 g/mol. The zero-order chi connectivity index (χ0) is 39.4. The van der Waals surface area contributed by atoms with Crippen LogP contribution in [-0.4, -0.2) is 88.6 Å². The summed E-state index contributed by atoms with van der Waals surface area (Å²) in [5.74, 6) is 1.47. The zero-order valence-corrected chi connectivity index (χ0v) is 34.0. The maximum atomic E-state index is 14.6. The Morgan fingerprint density at radius 3 is 2.47 bits per heavy atom. The molecule has 13 nitrogen and oxygen atoms in total. The highest BCUT2D eigenvalue weighted by atomic mass is 35.5. The second kappa shape index (κ2) is 15.1. The van der Waals surface area contributed by atoms with E-state index in [2.05, 4.69) is 16.0 Å². The lowest BCUT2D eigenvalue weighted by molar-refractivity contribution is -0.142. The smallest absolute Gasteiger partial charge is 0.408 e. The molecule has 3 aromatic rings. The summed E-state index contributed by atoms with van der Waals surface area (Å²) in [6, 6.07) is 5.40. The number of alkyl carbamates (subject to hydrolysis) is 1. The van der Waals surface area contributed by atoms with E-state index in [1.165, 1.54) is 22.7 Å². The maximum Gasteiger partial charge on any atom is 0.408 e. The lowest BCUT2D eigenvalue weighted by Gasteiger charge is -2.35. The number of methoxy groups -OCH3 is 1. The molecule has 3 unspecified atom stereocenters. The van der Waals surface area contributed by atoms with E-state index < -0.39 is 47.0 Å². The third kappa shape index (κ3) is 8.21. The van der Waals surface area contributed by atoms with Crippen LogP contribution in [0.5, 0.6) is 11.5 Å². The van der Waals surface area contributed by atoms with Gasteiger partial charge in [-0.1, -0.05) is 57.1 Å². The molecule has 1 aromatic carbocycles. The number of aldehydes is 1. The fourth-order valence-electron chi connectivity index (χ4n) is 8.21. The Labute approximate surface area is 330 Å². The number of hydrogen-bond acceptors (Lipinski definition) is 11. The number of anilines is 1. The molecule has 3 heterocycles. The van der Waals surface area contributed by atoms with Gasteiger partial charge in [0.05, 0.1) is 30.4 Å². The number of halogens is 1. The van der Waals surface area contributed by atoms with Gasteiger partial charge in [-0.2, -0.15) is 0 Å². The molecule has 3 amide bonds. The minimum absolute atomic E-state index is 0.0272. The number of rotatable bonds is 13. The van der Waals surface area contributed by atoms with Crippen molar-refractivity contribution in [1.29, 1.82) is 0 Å². The summed E-state index contributed by atoms with van der Waals surface area (Å²) >= 11 is 8.02. The molecule has 3 aliphatic carbocycles. The highest BCUT2D eigenvalue weighted by Crippen LogP contribution is 2.52. The Balaban J connectivity index is 1.19. The van der Waals surface area contributed by atoms with Crippen LogP contribution >= 0.6 is 22.9 Å². The summed E-state index contributed by atoms with van der Waals surface area (Å²) in [6.45, 7) is 11.6. The van der Waals surface area contributed by atoms with Gasteiger partial charge < -0.3 is 39.9 Å². The number of benzene rings is 1. The Morgan fingerprint density at radius 1 is 1.09 bits per heavy atom. The van der Waals surface area contributed by atoms with Gasteiger partial charge in [0.25, 0.3) is 0 Å². The van der Waals surface area contributed by atoms with E-state index in [0.717, 1.165) is 25.5 Å². The molecule has 3 saturated carbocycles. The number of likely N-dealkylation sites (tertiary alicyclic amines) is 1. The highest BCUT2D eigenvalue weighted by Gasteiger charge is 2.56. The van der Waals surface area contributed by atoms with E-state index in [-0.39, 0.29) is 31.0 Å². The molecule has 0 bridgehead atoms. The number of aromatic nitrogens is 2. The summed E-state index contributed by atoms with van der Waals surface area (Å²) in [4.78, 5) is 65.4. The second-order valence-corrected chi connectivity index (χ2v) is 18.6. The number of hydrogen-bond donors (Lipinski definition) is 3. The molecule has 1 saturated heterocycles. The van der Waals surface area contributed by atoms with Gasteiger partial charge >= 0.3 is 6.09 Å². The van der Waals surface area contributed by atoms with Crippen molar-refractivity contribution in [3.63, 3.8) is 0 Å². The average molecular weight is 795 g/mol. The van der Waals surface area contributed by atoms with Crippen molar-refractivity contribution < 1.29 is 33.4 Å². The number of amides is 3. The molecule has 4 aliphatic rings. The number of carbonyl (C=O) groups excluding carboxylic acids is 4. The van der Waals surface area contributed by atoms with Gasteiger partial charge in [-0.3, -0.25) is 9.59 Å². The second-order valence-electron chi connectivity index (χ2n) is 17.0. The topological polar surface area (TPSA) is 161 Å². The average Bonchev–Trinajstić information content (AvgIpc) is 3.84. The first-order valence-electron chi connectivity index (χ1n) is 19.3. The minimum atomic E-state index is -1.00. The first-order chi connectivity index (χ1) is 26.1. The first-order valence-corrected chi connectivity index (χ1v) is 20.4. The van der Waals surface area contributed by atoms with Gasteiger partial charge in [-0.05, 0) is 74.8 Å². The lowest BCUT2D eigenvalue weighted by Crippen LogP contribution is -2.59. The van der Waals surface area contributed by atoms with Crippen molar-refractivity contribution in [3.8, 4) is 22.9 Å². The summed E-state index contributed by atoms with van der Waals surface area (Å²) in [5.41, 5.74) is -0.140. The third-order valence-corrected chi connectivity index (χ3v) is 12.6. The predicted molar refractivity (Wildman–Crippen MR) is 211 cm³/mol. The lowest BCUT2D eigenvalue weighted by atomic mass is 9.85. The Morgan fingerprint density at radius 2 is 1.84 bits per heavy atom. The number of fused-ring (bicyclic) bond motifs is 2. The van der Waals surface area contributed by atoms with Crippen LogP contribution in [0.4, 0.5) is 9.93 Å². The van der Waals surface area contributed by atoms with E-state index in [4.69, 9.17) is 35.8 Å². The molecule has 4 fully saturated rings. The normalized spacial score (nSPS) is 27.3. The van der Waals surface area contributed by atoms with Gasteiger partial charge in [0, 0.05) is 30.0 Å². The van der Waals surface area contributed by atoms with Gasteiger partial charge in [-0.15, -0.1) is 0 Å². The molecule has 296 valence electrons. The molecule has 3 N–H and O–H groups in total. The molecule has 55 heavy (non-hydrogen) atoms. The molecule has 2 aromatic heterocycles. The van der Waals surface area contributed by atoms with Crippen LogP contribution in [0.2, 0.25) is 4.34 Å². The summed E-state index contributed by atoms with van der Waals surface area (Å²) in [6.07, 6.45) is 3.67. The van der Waals surface area contributed by atoms with E-state index in [9.17, 15) is 19.2 Å². The fraction of sp³-hybridized carbons (Fsp3) is 0.600.